The van der Waals surface area contributed by atoms with Crippen LogP contribution in [0, 0.1) is 5.92 Å². The van der Waals surface area contributed by atoms with Gasteiger partial charge < -0.3 is 20.4 Å². The molecule has 0 aliphatic carbocycles. The number of phenolic OH excluding ortho intramolecular Hbond substituents is 1. The fourth-order valence-electron chi connectivity index (χ4n) is 5.32. The lowest BCUT2D eigenvalue weighted by atomic mass is 9.79. The third-order valence-corrected chi connectivity index (χ3v) is 9.17. The van der Waals surface area contributed by atoms with Crippen LogP contribution in [-0.2, 0) is 20.3 Å². The molecule has 0 aromatic heterocycles. The van der Waals surface area contributed by atoms with Crippen LogP contribution in [0.25, 0.3) is 0 Å². The van der Waals surface area contributed by atoms with Crippen molar-refractivity contribution in [3.8, 4) is 11.5 Å². The van der Waals surface area contributed by atoms with Crippen molar-refractivity contribution in [2.75, 3.05) is 10.4 Å². The Morgan fingerprint density at radius 1 is 0.778 bits per heavy atom. The second-order valence-corrected chi connectivity index (χ2v) is 15.6. The van der Waals surface area contributed by atoms with E-state index in [1.54, 1.807) is 12.1 Å². The molecular weight excluding hydrogens is 626 g/mol. The number of unbranched alkanes of at least 4 members (excludes halogenated alkanes) is 8. The molecule has 9 heteroatoms. The highest BCUT2D eigenvalue weighted by Gasteiger charge is 2.30. The van der Waals surface area contributed by atoms with E-state index in [4.69, 9.17) is 32.8 Å². The molecule has 2 aromatic carbocycles. The Balaban J connectivity index is 2.26. The molecule has 3 N–H and O–H groups in total. The van der Waals surface area contributed by atoms with Crippen molar-refractivity contribution in [2.45, 2.75) is 143 Å². The topological polar surface area (TPSA) is 79.8 Å². The number of anilines is 2. The second-order valence-electron chi connectivity index (χ2n) is 14.2. The monoisotopic (exact) mass is 682 g/mol. The molecule has 0 radical (unpaired) electrons. The summed E-state index contributed by atoms with van der Waals surface area (Å²) >= 11 is 12.1. The van der Waals surface area contributed by atoms with Gasteiger partial charge in [0.1, 0.15) is 0 Å². The molecular formula is C36H57Cl2N2O4P. The first-order valence-electron chi connectivity index (χ1n) is 16.7. The normalized spacial score (nSPS) is 12.9. The van der Waals surface area contributed by atoms with Crippen molar-refractivity contribution >= 4 is 49.4 Å². The molecule has 0 aliphatic rings. The first-order chi connectivity index (χ1) is 21.2. The van der Waals surface area contributed by atoms with E-state index in [0.29, 0.717) is 11.4 Å². The summed E-state index contributed by atoms with van der Waals surface area (Å²) in [5.74, 6) is 0.609. The van der Waals surface area contributed by atoms with Gasteiger partial charge in [0.15, 0.2) is 20.5 Å². The summed E-state index contributed by atoms with van der Waals surface area (Å²) in [6, 6.07) is 7.20. The molecule has 0 saturated carbocycles. The third kappa shape index (κ3) is 13.5. The minimum Gasteiger partial charge on any atom is -0.505 e. The van der Waals surface area contributed by atoms with E-state index >= 15 is 0 Å². The van der Waals surface area contributed by atoms with Crippen LogP contribution >= 0.6 is 32.2 Å². The van der Waals surface area contributed by atoms with Gasteiger partial charge in [0, 0.05) is 28.4 Å². The number of benzene rings is 2. The fraction of sp³-hybridized carbons (Fsp3) is 0.639. The lowest BCUT2D eigenvalue weighted by molar-refractivity contribution is -0.120. The number of hydrogen-bond donors (Lipinski definition) is 3. The smallest absolute Gasteiger partial charge is 0.227 e. The number of phenols is 1. The third-order valence-electron chi connectivity index (χ3n) is 8.03. The number of nitrogens with one attached hydrogen (secondary N) is 2. The maximum Gasteiger partial charge on any atom is 0.227 e. The van der Waals surface area contributed by atoms with Crippen molar-refractivity contribution in [3.63, 3.8) is 0 Å². The number of halogens is 2. The average molecular weight is 684 g/mol. The van der Waals surface area contributed by atoms with Gasteiger partial charge in [-0.15, -0.1) is 4.67 Å². The Kier molecular flexibility index (Phi) is 16.8. The Morgan fingerprint density at radius 3 is 1.73 bits per heavy atom. The summed E-state index contributed by atoms with van der Waals surface area (Å²) < 4.78 is 5.69. The summed E-state index contributed by atoms with van der Waals surface area (Å²) in [6.07, 6.45) is 13.9. The quantitative estimate of drug-likeness (QED) is 0.0451. The van der Waals surface area contributed by atoms with Crippen LogP contribution in [-0.4, -0.2) is 11.0 Å². The lowest BCUT2D eigenvalue weighted by Gasteiger charge is -2.30. The molecule has 6 nitrogen and oxygen atoms in total. The summed E-state index contributed by atoms with van der Waals surface area (Å²) in [6.45, 7) is 17.2. The van der Waals surface area contributed by atoms with E-state index in [9.17, 15) is 9.90 Å². The molecule has 0 fully saturated rings. The van der Waals surface area contributed by atoms with E-state index in [0.717, 1.165) is 42.5 Å². The van der Waals surface area contributed by atoms with Crippen molar-refractivity contribution in [1.29, 1.82) is 0 Å². The van der Waals surface area contributed by atoms with Crippen molar-refractivity contribution in [3.05, 3.63) is 45.4 Å². The summed E-state index contributed by atoms with van der Waals surface area (Å²) in [4.78, 5) is 19.8. The van der Waals surface area contributed by atoms with Gasteiger partial charge >= 0.3 is 0 Å². The van der Waals surface area contributed by atoms with Crippen molar-refractivity contribution in [1.82, 2.24) is 0 Å². The average Bonchev–Trinajstić information content (AvgIpc) is 2.95. The zero-order valence-corrected chi connectivity index (χ0v) is 31.3. The minimum atomic E-state index is -0.286. The van der Waals surface area contributed by atoms with Crippen LogP contribution in [0.2, 0.25) is 10.0 Å². The van der Waals surface area contributed by atoms with Crippen LogP contribution < -0.4 is 15.3 Å². The zero-order valence-electron chi connectivity index (χ0n) is 28.8. The largest absolute Gasteiger partial charge is 0.505 e. The van der Waals surface area contributed by atoms with Gasteiger partial charge in [0.05, 0.1) is 10.0 Å². The maximum absolute atomic E-state index is 13.8. The van der Waals surface area contributed by atoms with Gasteiger partial charge in [-0.1, -0.05) is 143 Å². The molecule has 0 heterocycles. The SMILES string of the molecule is CCCCCCCCC(CCCCCC)C(=O)Nc1cc(C(C)(C)C)c(OOPNc2cc(Cl)c(O)c(Cl)c2)c(C(C)(C)C)c1. The fourth-order valence-corrected chi connectivity index (χ4v) is 6.24. The zero-order chi connectivity index (χ0) is 33.6. The number of carbonyl (C=O) groups excluding carboxylic acids is 1. The number of hydrogen-bond acceptors (Lipinski definition) is 5. The predicted octanol–water partition coefficient (Wildman–Crippen LogP) is 12.5. The number of carbonyl (C=O) groups is 1. The van der Waals surface area contributed by atoms with Crippen LogP contribution in [0.3, 0.4) is 0 Å². The van der Waals surface area contributed by atoms with Crippen LogP contribution in [0.4, 0.5) is 11.4 Å². The maximum atomic E-state index is 13.8. The second kappa shape index (κ2) is 19.2. The van der Waals surface area contributed by atoms with E-state index in [-0.39, 0.29) is 47.4 Å². The summed E-state index contributed by atoms with van der Waals surface area (Å²) in [5.41, 5.74) is 2.71. The van der Waals surface area contributed by atoms with E-state index in [1.165, 1.54) is 51.4 Å². The predicted molar refractivity (Wildman–Crippen MR) is 194 cm³/mol. The molecule has 2 rings (SSSR count). The van der Waals surface area contributed by atoms with Gasteiger partial charge in [-0.3, -0.25) is 4.79 Å². The van der Waals surface area contributed by atoms with E-state index in [2.05, 4.69) is 65.8 Å². The molecule has 0 spiro atoms. The summed E-state index contributed by atoms with van der Waals surface area (Å²) in [7, 11) is -0.268. The van der Waals surface area contributed by atoms with Gasteiger partial charge in [-0.2, -0.15) is 0 Å². The molecule has 45 heavy (non-hydrogen) atoms. The number of rotatable bonds is 19. The Hall–Kier alpha value is -1.72. The molecule has 2 aromatic rings. The van der Waals surface area contributed by atoms with Gasteiger partial charge in [-0.25, -0.2) is 0 Å². The lowest BCUT2D eigenvalue weighted by Crippen LogP contribution is -2.25. The van der Waals surface area contributed by atoms with Crippen LogP contribution in [0.15, 0.2) is 24.3 Å². The van der Waals surface area contributed by atoms with E-state index in [1.807, 2.05) is 12.1 Å². The highest BCUT2D eigenvalue weighted by atomic mass is 35.5. The molecule has 2 atom stereocenters. The Labute approximate surface area is 284 Å². The highest BCUT2D eigenvalue weighted by molar-refractivity contribution is 7.34. The molecule has 0 bridgehead atoms. The van der Waals surface area contributed by atoms with Gasteiger partial charge in [-0.05, 0) is 47.9 Å². The number of amides is 1. The molecule has 0 saturated heterocycles. The van der Waals surface area contributed by atoms with Gasteiger partial charge in [0.2, 0.25) is 5.91 Å². The minimum absolute atomic E-state index is 0.0117. The molecule has 2 unspecified atom stereocenters. The highest BCUT2D eigenvalue weighted by Crippen LogP contribution is 2.43. The van der Waals surface area contributed by atoms with Crippen molar-refractivity contribution < 1.29 is 19.5 Å². The standard InChI is InChI=1S/C36H57Cl2N2O4P/c1-9-11-13-15-16-18-20-25(19-17-14-12-10-2)34(42)39-26-21-28(35(3,4)5)33(29(22-26)36(6,7)8)43-44-45-40-27-23-30(37)32(41)31(38)24-27/h21-25,40-41,45H,9-20H2,1-8H3,(H,39,42). The van der Waals surface area contributed by atoms with E-state index < -0.39 is 0 Å². The Bertz CT molecular complexity index is 1150. The Morgan fingerprint density at radius 2 is 1.24 bits per heavy atom. The first-order valence-corrected chi connectivity index (χ1v) is 18.4. The van der Waals surface area contributed by atoms with Crippen LogP contribution in [0.1, 0.15) is 144 Å². The summed E-state index contributed by atoms with van der Waals surface area (Å²) in [5, 5.41) is 16.5. The van der Waals surface area contributed by atoms with Crippen LogP contribution in [0.5, 0.6) is 11.5 Å². The molecule has 0 aliphatic heterocycles. The first kappa shape index (κ1) is 39.5. The van der Waals surface area contributed by atoms with Gasteiger partial charge in [0.25, 0.3) is 0 Å². The molecule has 254 valence electrons. The van der Waals surface area contributed by atoms with Crippen molar-refractivity contribution in [2.24, 2.45) is 5.92 Å². The number of aromatic hydroxyl groups is 1. The molecule has 1 amide bonds.